The third-order valence-corrected chi connectivity index (χ3v) is 14.2. The molecular formula is C33H41NO9S. The van der Waals surface area contributed by atoms with Gasteiger partial charge in [-0.3, -0.25) is 14.4 Å². The van der Waals surface area contributed by atoms with Gasteiger partial charge in [0, 0.05) is 31.3 Å². The molecule has 0 aromatic heterocycles. The van der Waals surface area contributed by atoms with Crippen molar-refractivity contribution in [3.05, 3.63) is 42.0 Å². The molecule has 4 bridgehead atoms. The number of nitrogens with zero attached hydrogens (tertiary/aromatic N) is 1. The standard InChI is InChI=1S/C33H41NO9S/c1-18-5-7-21(8-6-18)44(40,41)34-15-12-20(13-16-34)29(38)43-28-22-9-10-23-31-17-42-33(39,32(23,28)26(36)19(22)2)27(37)25(31)30(3,4)14-11-24(31)35/h5-8,20,22-23,25,27-28,37,39H,2,9-17H2,1,3-4H3/t22-,23-,25+,27-,28+,31+,32-,33+/m0/s1. The molecule has 3 saturated heterocycles. The Kier molecular flexibility index (Phi) is 6.56. The van der Waals surface area contributed by atoms with E-state index in [-0.39, 0.29) is 55.2 Å². The van der Waals surface area contributed by atoms with Crippen LogP contribution in [0.5, 0.6) is 0 Å². The lowest BCUT2D eigenvalue weighted by Gasteiger charge is -2.73. The number of ketones is 2. The zero-order valence-corrected chi connectivity index (χ0v) is 26.3. The number of benzene rings is 1. The van der Waals surface area contributed by atoms with Gasteiger partial charge in [0.25, 0.3) is 0 Å². The molecule has 3 aliphatic heterocycles. The van der Waals surface area contributed by atoms with Crippen LogP contribution in [0.3, 0.4) is 0 Å². The molecular weight excluding hydrogens is 586 g/mol. The normalized spacial score (nSPS) is 41.8. The number of esters is 1. The predicted octanol–water partition coefficient (Wildman–Crippen LogP) is 2.54. The number of fused-ring (bicyclic) bond motifs is 2. The molecule has 7 fully saturated rings. The van der Waals surface area contributed by atoms with Gasteiger partial charge in [-0.05, 0) is 68.1 Å². The van der Waals surface area contributed by atoms with Gasteiger partial charge in [0.1, 0.15) is 23.4 Å². The molecule has 8 rings (SSSR count). The highest BCUT2D eigenvalue weighted by Crippen LogP contribution is 2.76. The molecule has 0 radical (unpaired) electrons. The molecule has 4 saturated carbocycles. The van der Waals surface area contributed by atoms with Gasteiger partial charge < -0.3 is 19.7 Å². The second-order valence-corrected chi connectivity index (χ2v) is 16.6. The van der Waals surface area contributed by atoms with Crippen molar-refractivity contribution in [1.82, 2.24) is 4.31 Å². The highest BCUT2D eigenvalue weighted by molar-refractivity contribution is 7.89. The van der Waals surface area contributed by atoms with E-state index < -0.39 is 79.7 Å². The third kappa shape index (κ3) is 3.56. The molecule has 1 aromatic carbocycles. The number of hydrogen-bond donors (Lipinski definition) is 2. The van der Waals surface area contributed by atoms with E-state index in [9.17, 15) is 33.0 Å². The molecule has 2 spiro atoms. The third-order valence-electron chi connectivity index (χ3n) is 12.3. The maximum absolute atomic E-state index is 14.3. The summed E-state index contributed by atoms with van der Waals surface area (Å²) >= 11 is 0. The van der Waals surface area contributed by atoms with E-state index in [1.807, 2.05) is 20.8 Å². The Morgan fingerprint density at radius 3 is 2.41 bits per heavy atom. The van der Waals surface area contributed by atoms with Crippen LogP contribution in [-0.2, 0) is 33.9 Å². The van der Waals surface area contributed by atoms with Gasteiger partial charge in [-0.15, -0.1) is 0 Å². The quantitative estimate of drug-likeness (QED) is 0.380. The van der Waals surface area contributed by atoms with Gasteiger partial charge in [0.15, 0.2) is 5.78 Å². The summed E-state index contributed by atoms with van der Waals surface area (Å²) in [4.78, 5) is 42.2. The Labute approximate surface area is 257 Å². The smallest absolute Gasteiger partial charge is 0.309 e. The maximum Gasteiger partial charge on any atom is 0.309 e. The molecule has 238 valence electrons. The first-order chi connectivity index (χ1) is 20.6. The molecule has 1 aromatic rings. The van der Waals surface area contributed by atoms with Crippen LogP contribution >= 0.6 is 0 Å². The number of rotatable bonds is 4. The zero-order valence-electron chi connectivity index (χ0n) is 25.5. The first-order valence-electron chi connectivity index (χ1n) is 15.7. The number of piperidine rings is 1. The molecule has 0 unspecified atom stereocenters. The highest BCUT2D eigenvalue weighted by atomic mass is 32.2. The summed E-state index contributed by atoms with van der Waals surface area (Å²) in [5.74, 6) is -6.04. The molecule has 7 aliphatic rings. The lowest BCUT2D eigenvalue weighted by molar-refractivity contribution is -0.437. The molecule has 11 heteroatoms. The summed E-state index contributed by atoms with van der Waals surface area (Å²) < 4.78 is 40.0. The number of aryl methyl sites for hydroxylation is 1. The van der Waals surface area contributed by atoms with Crippen molar-refractivity contribution in [3.63, 3.8) is 0 Å². The summed E-state index contributed by atoms with van der Waals surface area (Å²) in [6, 6.07) is 6.64. The lowest BCUT2D eigenvalue weighted by atomic mass is 9.36. The van der Waals surface area contributed by atoms with Crippen molar-refractivity contribution < 1.29 is 42.5 Å². The Hall–Kier alpha value is -2.44. The number of hydrogen-bond acceptors (Lipinski definition) is 9. The molecule has 10 nitrogen and oxygen atoms in total. The van der Waals surface area contributed by atoms with Gasteiger partial charge in [0.2, 0.25) is 15.8 Å². The van der Waals surface area contributed by atoms with E-state index in [2.05, 4.69) is 6.58 Å². The number of carbonyl (C=O) groups excluding carboxylic acids is 3. The van der Waals surface area contributed by atoms with Crippen molar-refractivity contribution in [2.24, 2.45) is 39.9 Å². The Morgan fingerprint density at radius 2 is 1.75 bits per heavy atom. The average molecular weight is 628 g/mol. The summed E-state index contributed by atoms with van der Waals surface area (Å²) in [7, 11) is -3.73. The van der Waals surface area contributed by atoms with Gasteiger partial charge in [-0.25, -0.2) is 8.42 Å². The second-order valence-electron chi connectivity index (χ2n) is 14.7. The number of Topliss-reactive ketones (excluding diaryl/α,β-unsaturated/α-hetero) is 2. The summed E-state index contributed by atoms with van der Waals surface area (Å²) in [5.41, 5.74) is -2.38. The van der Waals surface area contributed by atoms with Crippen LogP contribution in [0.1, 0.15) is 57.9 Å². The number of aliphatic hydroxyl groups is 2. The number of aliphatic hydroxyl groups excluding tert-OH is 1. The SMILES string of the molecule is C=C1C(=O)[C@]23[C@H](OC(=O)C4CCN(S(=O)(=O)c5ccc(C)cc5)CC4)[C@H]1CC[C@H]2[C@@]12CO[C@]3(O)[C@@H](O)[C@@H]1C(C)(C)CCC2=O. The highest BCUT2D eigenvalue weighted by Gasteiger charge is 2.88. The molecule has 3 heterocycles. The summed E-state index contributed by atoms with van der Waals surface area (Å²) in [6.07, 6.45) is -0.520. The van der Waals surface area contributed by atoms with Gasteiger partial charge >= 0.3 is 5.97 Å². The molecule has 8 atom stereocenters. The van der Waals surface area contributed by atoms with Gasteiger partial charge in [-0.2, -0.15) is 4.31 Å². The van der Waals surface area contributed by atoms with Crippen LogP contribution in [-0.4, -0.2) is 78.2 Å². The number of sulfonamides is 1. The fourth-order valence-corrected chi connectivity index (χ4v) is 11.6. The van der Waals surface area contributed by atoms with Gasteiger partial charge in [-0.1, -0.05) is 38.1 Å². The number of carbonyl (C=O) groups is 3. The van der Waals surface area contributed by atoms with Crippen LogP contribution in [0.2, 0.25) is 0 Å². The molecule has 2 N–H and O–H groups in total. The zero-order chi connectivity index (χ0) is 31.6. The Balaban J connectivity index is 1.18. The van der Waals surface area contributed by atoms with E-state index >= 15 is 0 Å². The fraction of sp³-hybridized carbons (Fsp3) is 0.667. The Bertz CT molecular complexity index is 1560. The molecule has 44 heavy (non-hydrogen) atoms. The topological polar surface area (TPSA) is 148 Å². The first kappa shape index (κ1) is 30.2. The van der Waals surface area contributed by atoms with E-state index in [1.54, 1.807) is 24.3 Å². The van der Waals surface area contributed by atoms with E-state index in [0.717, 1.165) is 5.56 Å². The molecule has 4 aliphatic carbocycles. The van der Waals surface area contributed by atoms with Crippen molar-refractivity contribution >= 4 is 27.6 Å². The largest absolute Gasteiger partial charge is 0.460 e. The van der Waals surface area contributed by atoms with Gasteiger partial charge in [0.05, 0.1) is 22.8 Å². The van der Waals surface area contributed by atoms with Crippen molar-refractivity contribution in [2.45, 2.75) is 82.2 Å². The van der Waals surface area contributed by atoms with E-state index in [0.29, 0.717) is 19.3 Å². The average Bonchev–Trinajstić information content (AvgIpc) is 3.10. The van der Waals surface area contributed by atoms with Crippen molar-refractivity contribution in [1.29, 1.82) is 0 Å². The minimum absolute atomic E-state index is 0.0806. The van der Waals surface area contributed by atoms with Crippen LogP contribution < -0.4 is 0 Å². The number of ether oxygens (including phenoxy) is 2. The summed E-state index contributed by atoms with van der Waals surface area (Å²) in [5, 5.41) is 24.2. The Morgan fingerprint density at radius 1 is 1.09 bits per heavy atom. The summed E-state index contributed by atoms with van der Waals surface area (Å²) in [6.45, 7) is 10.1. The predicted molar refractivity (Wildman–Crippen MR) is 156 cm³/mol. The van der Waals surface area contributed by atoms with Crippen LogP contribution in [0.25, 0.3) is 0 Å². The van der Waals surface area contributed by atoms with Crippen LogP contribution in [0.4, 0.5) is 0 Å². The van der Waals surface area contributed by atoms with Crippen molar-refractivity contribution in [3.8, 4) is 0 Å². The second kappa shape index (κ2) is 9.54. The maximum atomic E-state index is 14.3. The van der Waals surface area contributed by atoms with E-state index in [1.165, 1.54) is 4.31 Å². The first-order valence-corrected chi connectivity index (χ1v) is 17.2. The lowest BCUT2D eigenvalue weighted by Crippen LogP contribution is -2.85. The monoisotopic (exact) mass is 627 g/mol. The molecule has 0 amide bonds. The van der Waals surface area contributed by atoms with Crippen molar-refractivity contribution in [2.75, 3.05) is 19.7 Å². The minimum Gasteiger partial charge on any atom is -0.460 e. The van der Waals surface area contributed by atoms with Crippen LogP contribution in [0.15, 0.2) is 41.3 Å². The van der Waals surface area contributed by atoms with E-state index in [4.69, 9.17) is 9.47 Å². The fourth-order valence-electron chi connectivity index (χ4n) is 10.2. The van der Waals surface area contributed by atoms with Crippen LogP contribution in [0, 0.1) is 46.8 Å². The minimum atomic E-state index is -3.73.